The predicted octanol–water partition coefficient (Wildman–Crippen LogP) is 5.30. The maximum Gasteiger partial charge on any atom is 0.320 e. The molecule has 1 saturated carbocycles. The maximum atomic E-state index is 14.2. The van der Waals surface area contributed by atoms with Gasteiger partial charge in [0.25, 0.3) is 5.56 Å². The van der Waals surface area contributed by atoms with E-state index in [9.17, 15) is 18.4 Å². The van der Waals surface area contributed by atoms with Crippen molar-refractivity contribution in [2.24, 2.45) is 0 Å². The topological polar surface area (TPSA) is 71.7 Å². The molecule has 1 spiro atoms. The highest BCUT2D eigenvalue weighted by atomic mass is 19.1. The third-order valence-electron chi connectivity index (χ3n) is 9.56. The number of likely N-dealkylation sites (tertiary alicyclic amines) is 1. The Kier molecular flexibility index (Phi) is 8.14. The number of carbonyl (C=O) groups is 1. The summed E-state index contributed by atoms with van der Waals surface area (Å²) < 4.78 is 28.4. The normalized spacial score (nSPS) is 22.5. The summed E-state index contributed by atoms with van der Waals surface area (Å²) >= 11 is 0. The Labute approximate surface area is 245 Å². The summed E-state index contributed by atoms with van der Waals surface area (Å²) in [5.74, 6) is -1.26. The summed E-state index contributed by atoms with van der Waals surface area (Å²) in [6, 6.07) is 17.0. The van der Waals surface area contributed by atoms with Gasteiger partial charge in [-0.15, -0.1) is 0 Å². The number of nitrogens with one attached hydrogen (secondary N) is 2. The van der Waals surface area contributed by atoms with Crippen LogP contribution in [0.2, 0.25) is 0 Å². The van der Waals surface area contributed by atoms with Gasteiger partial charge >= 0.3 is 6.03 Å². The van der Waals surface area contributed by atoms with E-state index in [1.807, 2.05) is 59.3 Å². The van der Waals surface area contributed by atoms with Gasteiger partial charge in [-0.3, -0.25) is 9.69 Å². The van der Waals surface area contributed by atoms with E-state index in [1.54, 1.807) is 0 Å². The van der Waals surface area contributed by atoms with Crippen molar-refractivity contribution in [3.05, 3.63) is 93.8 Å². The van der Waals surface area contributed by atoms with Crippen molar-refractivity contribution in [3.8, 4) is 11.3 Å². The summed E-state index contributed by atoms with van der Waals surface area (Å²) in [5.41, 5.74) is 2.71. The molecular weight excluding hydrogens is 536 g/mol. The molecule has 0 bridgehead atoms. The lowest BCUT2D eigenvalue weighted by Crippen LogP contribution is -2.64. The summed E-state index contributed by atoms with van der Waals surface area (Å²) in [6.45, 7) is 2.84. The van der Waals surface area contributed by atoms with Crippen LogP contribution in [0.5, 0.6) is 0 Å². The monoisotopic (exact) mass is 575 g/mol. The number of urea groups is 1. The van der Waals surface area contributed by atoms with Crippen molar-refractivity contribution in [1.29, 1.82) is 0 Å². The molecule has 7 nitrogen and oxygen atoms in total. The molecule has 2 N–H and O–H groups in total. The van der Waals surface area contributed by atoms with Crippen molar-refractivity contribution < 1.29 is 13.6 Å². The van der Waals surface area contributed by atoms with Crippen molar-refractivity contribution in [2.75, 3.05) is 33.2 Å². The summed E-state index contributed by atoms with van der Waals surface area (Å²) in [5, 5.41) is 3.28. The first kappa shape index (κ1) is 28.6. The molecule has 3 heterocycles. The largest absolute Gasteiger partial charge is 0.322 e. The molecule has 1 aliphatic carbocycles. The van der Waals surface area contributed by atoms with Crippen molar-refractivity contribution in [3.63, 3.8) is 0 Å². The molecule has 42 heavy (non-hydrogen) atoms. The zero-order valence-electron chi connectivity index (χ0n) is 24.1. The number of H-pyrrole nitrogens is 1. The number of amides is 2. The van der Waals surface area contributed by atoms with Crippen LogP contribution < -0.4 is 10.9 Å². The fourth-order valence-electron chi connectivity index (χ4n) is 7.27. The molecule has 0 radical (unpaired) electrons. The van der Waals surface area contributed by atoms with Gasteiger partial charge in [0, 0.05) is 61.6 Å². The number of piperidine rings is 1. The average molecular weight is 576 g/mol. The number of benzene rings is 2. The second-order valence-corrected chi connectivity index (χ2v) is 12.1. The molecule has 0 unspecified atom stereocenters. The highest BCUT2D eigenvalue weighted by Gasteiger charge is 2.46. The summed E-state index contributed by atoms with van der Waals surface area (Å²) in [6.07, 6.45) is 5.48. The van der Waals surface area contributed by atoms with Gasteiger partial charge in [-0.25, -0.2) is 13.6 Å². The minimum atomic E-state index is -0.630. The molecule has 2 atom stereocenters. The minimum absolute atomic E-state index is 0.0739. The van der Waals surface area contributed by atoms with Crippen LogP contribution >= 0.6 is 0 Å². The lowest BCUT2D eigenvalue weighted by molar-refractivity contribution is -0.00227. The lowest BCUT2D eigenvalue weighted by Gasteiger charge is -2.51. The maximum absolute atomic E-state index is 14.2. The van der Waals surface area contributed by atoms with E-state index in [2.05, 4.69) is 15.2 Å². The number of aromatic amines is 1. The van der Waals surface area contributed by atoms with E-state index in [0.29, 0.717) is 44.7 Å². The zero-order valence-corrected chi connectivity index (χ0v) is 24.1. The Hall–Kier alpha value is -3.56. The molecule has 3 aliphatic rings. The van der Waals surface area contributed by atoms with E-state index >= 15 is 0 Å². The molecule has 6 rings (SSSR count). The number of hydrogen-bond acceptors (Lipinski definition) is 4. The second-order valence-electron chi connectivity index (χ2n) is 12.1. The van der Waals surface area contributed by atoms with E-state index < -0.39 is 17.7 Å². The third kappa shape index (κ3) is 5.72. The van der Waals surface area contributed by atoms with Gasteiger partial charge in [0.15, 0.2) is 0 Å². The lowest BCUT2D eigenvalue weighted by atomic mass is 9.90. The highest BCUT2D eigenvalue weighted by molar-refractivity contribution is 5.75. The fraction of sp³-hybridized carbons (Fsp3) is 0.455. The van der Waals surface area contributed by atoms with Gasteiger partial charge in [-0.05, 0) is 62.1 Å². The summed E-state index contributed by atoms with van der Waals surface area (Å²) in [7, 11) is 1.88. The molecular formula is C33H39F2N5O2. The number of nitrogens with zero attached hydrogens (tertiary/aromatic N) is 3. The average Bonchev–Trinajstić information content (AvgIpc) is 3.47. The van der Waals surface area contributed by atoms with Gasteiger partial charge in [0.1, 0.15) is 11.6 Å². The Morgan fingerprint density at radius 3 is 2.43 bits per heavy atom. The van der Waals surface area contributed by atoms with Crippen LogP contribution in [0.1, 0.15) is 55.7 Å². The summed E-state index contributed by atoms with van der Waals surface area (Å²) in [4.78, 5) is 36.4. The molecule has 2 amide bonds. The molecule has 3 fully saturated rings. The van der Waals surface area contributed by atoms with Crippen LogP contribution in [0.4, 0.5) is 13.6 Å². The second kappa shape index (κ2) is 12.0. The fourth-order valence-corrected chi connectivity index (χ4v) is 7.27. The van der Waals surface area contributed by atoms with Gasteiger partial charge in [-0.2, -0.15) is 0 Å². The van der Waals surface area contributed by atoms with E-state index in [-0.39, 0.29) is 23.2 Å². The SMILES string of the molecule is CN[C@@H]1CCN(C(=O)N2CCN(Cc3ccc(-c4ccccc4)[nH]c3=O)C3(CCCC3)C2)[C@H](c2cc(F)cc(F)c2)C1. The van der Waals surface area contributed by atoms with E-state index in [0.717, 1.165) is 55.0 Å². The first-order valence-corrected chi connectivity index (χ1v) is 15.1. The zero-order chi connectivity index (χ0) is 29.3. The van der Waals surface area contributed by atoms with Crippen molar-refractivity contribution in [1.82, 2.24) is 25.0 Å². The van der Waals surface area contributed by atoms with Crippen molar-refractivity contribution >= 4 is 6.03 Å². The van der Waals surface area contributed by atoms with Crippen LogP contribution in [-0.4, -0.2) is 70.5 Å². The number of piperazine rings is 1. The minimum Gasteiger partial charge on any atom is -0.322 e. The molecule has 222 valence electrons. The molecule has 9 heteroatoms. The smallest absolute Gasteiger partial charge is 0.320 e. The van der Waals surface area contributed by atoms with Crippen LogP contribution in [0, 0.1) is 11.6 Å². The van der Waals surface area contributed by atoms with Crippen LogP contribution in [0.15, 0.2) is 65.5 Å². The van der Waals surface area contributed by atoms with Gasteiger partial charge < -0.3 is 20.1 Å². The molecule has 2 saturated heterocycles. The Morgan fingerprint density at radius 2 is 1.74 bits per heavy atom. The highest BCUT2D eigenvalue weighted by Crippen LogP contribution is 2.40. The number of pyridine rings is 1. The first-order valence-electron chi connectivity index (χ1n) is 15.1. The van der Waals surface area contributed by atoms with E-state index in [4.69, 9.17) is 0 Å². The first-order chi connectivity index (χ1) is 20.3. The van der Waals surface area contributed by atoms with Crippen LogP contribution in [0.3, 0.4) is 0 Å². The molecule has 2 aromatic carbocycles. The Morgan fingerprint density at radius 1 is 1.00 bits per heavy atom. The van der Waals surface area contributed by atoms with Crippen LogP contribution in [0.25, 0.3) is 11.3 Å². The standard InChI is InChI=1S/C33H39F2N5O2/c1-36-28-11-14-40(30(20-28)25-17-26(34)19-27(35)18-25)32(42)38-15-16-39(33(22-38)12-5-6-13-33)21-24-9-10-29(37-31(24)41)23-7-3-2-4-8-23/h2-4,7-10,17-19,28,30,36H,5-6,11-16,20-22H2,1H3,(H,37,41)/t28-,30+/m1/s1. The predicted molar refractivity (Wildman–Crippen MR) is 159 cm³/mol. The third-order valence-corrected chi connectivity index (χ3v) is 9.56. The van der Waals surface area contributed by atoms with Crippen LogP contribution in [-0.2, 0) is 6.54 Å². The molecule has 1 aromatic heterocycles. The van der Waals surface area contributed by atoms with Gasteiger partial charge in [0.05, 0.1) is 6.04 Å². The van der Waals surface area contributed by atoms with Gasteiger partial charge in [-0.1, -0.05) is 49.2 Å². The van der Waals surface area contributed by atoms with Gasteiger partial charge in [0.2, 0.25) is 0 Å². The molecule has 3 aromatic rings. The Balaban J connectivity index is 1.21. The number of carbonyl (C=O) groups excluding carboxylic acids is 1. The molecule has 2 aliphatic heterocycles. The number of rotatable bonds is 5. The number of hydrogen-bond donors (Lipinski definition) is 2. The quantitative estimate of drug-likeness (QED) is 0.434. The number of halogens is 2. The Bertz CT molecular complexity index is 1450. The van der Waals surface area contributed by atoms with E-state index in [1.165, 1.54) is 12.1 Å². The van der Waals surface area contributed by atoms with Crippen molar-refractivity contribution in [2.45, 2.75) is 62.7 Å². The number of aromatic nitrogens is 1.